The molecule has 20 heavy (non-hydrogen) atoms. The number of tetrazole rings is 1. The van der Waals surface area contributed by atoms with Gasteiger partial charge in [-0.15, -0.1) is 5.10 Å². The summed E-state index contributed by atoms with van der Waals surface area (Å²) in [5.74, 6) is 0.800. The van der Waals surface area contributed by atoms with Crippen molar-refractivity contribution < 1.29 is 0 Å². The van der Waals surface area contributed by atoms with E-state index >= 15 is 0 Å². The molecule has 106 valence electrons. The van der Waals surface area contributed by atoms with Crippen LogP contribution in [-0.4, -0.2) is 20.2 Å². The van der Waals surface area contributed by atoms with E-state index in [1.165, 1.54) is 32.1 Å². The number of nitrogen functional groups attached to an aromatic ring is 1. The number of hydrogen-bond donors (Lipinski definition) is 1. The smallest absolute Gasteiger partial charge is 0.184 e. The molecule has 1 aliphatic carbocycles. The van der Waals surface area contributed by atoms with Gasteiger partial charge in [0.05, 0.1) is 6.04 Å². The van der Waals surface area contributed by atoms with E-state index in [9.17, 15) is 0 Å². The minimum absolute atomic E-state index is 0.403. The molecular formula is C15H21N5. The van der Waals surface area contributed by atoms with Gasteiger partial charge < -0.3 is 5.73 Å². The lowest BCUT2D eigenvalue weighted by Crippen LogP contribution is -2.14. The summed E-state index contributed by atoms with van der Waals surface area (Å²) in [6.07, 6.45) is 8.84. The number of aromatic nitrogens is 4. The maximum absolute atomic E-state index is 6.06. The first-order valence-corrected chi connectivity index (χ1v) is 7.49. The zero-order valence-electron chi connectivity index (χ0n) is 11.7. The van der Waals surface area contributed by atoms with Gasteiger partial charge in [-0.05, 0) is 35.4 Å². The average Bonchev–Trinajstić information content (AvgIpc) is 2.88. The van der Waals surface area contributed by atoms with Gasteiger partial charge in [0.15, 0.2) is 5.82 Å². The van der Waals surface area contributed by atoms with E-state index in [0.717, 1.165) is 29.9 Å². The van der Waals surface area contributed by atoms with Crippen LogP contribution in [0.3, 0.4) is 0 Å². The molecule has 0 bridgehead atoms. The largest absolute Gasteiger partial charge is 0.398 e. The highest BCUT2D eigenvalue weighted by Crippen LogP contribution is 2.30. The molecule has 2 N–H and O–H groups in total. The summed E-state index contributed by atoms with van der Waals surface area (Å²) in [5.41, 5.74) is 7.72. The van der Waals surface area contributed by atoms with Gasteiger partial charge in [-0.25, -0.2) is 4.68 Å². The summed E-state index contributed by atoms with van der Waals surface area (Å²) in [6.45, 7) is 0. The van der Waals surface area contributed by atoms with Crippen molar-refractivity contribution in [2.45, 2.75) is 51.0 Å². The fraction of sp³-hybridized carbons (Fsp3) is 0.533. The van der Waals surface area contributed by atoms with Gasteiger partial charge in [0.2, 0.25) is 0 Å². The second-order valence-corrected chi connectivity index (χ2v) is 5.53. The number of nitrogens with two attached hydrogens (primary N) is 1. The van der Waals surface area contributed by atoms with Crippen molar-refractivity contribution in [2.24, 2.45) is 0 Å². The van der Waals surface area contributed by atoms with Gasteiger partial charge in [0.1, 0.15) is 0 Å². The third-order valence-electron chi connectivity index (χ3n) is 4.12. The van der Waals surface area contributed by atoms with Gasteiger partial charge in [0.25, 0.3) is 0 Å². The van der Waals surface area contributed by atoms with Crippen molar-refractivity contribution in [1.29, 1.82) is 0 Å². The van der Waals surface area contributed by atoms with Crippen molar-refractivity contribution in [2.75, 3.05) is 5.73 Å². The van der Waals surface area contributed by atoms with Crippen molar-refractivity contribution >= 4 is 5.69 Å². The first-order valence-electron chi connectivity index (χ1n) is 7.49. The molecule has 0 atom stereocenters. The summed E-state index contributed by atoms with van der Waals surface area (Å²) in [6, 6.07) is 8.19. The lowest BCUT2D eigenvalue weighted by molar-refractivity contribution is 0.345. The zero-order valence-corrected chi connectivity index (χ0v) is 11.7. The summed E-state index contributed by atoms with van der Waals surface area (Å²) < 4.78 is 1.98. The van der Waals surface area contributed by atoms with Gasteiger partial charge in [-0.1, -0.05) is 44.2 Å². The highest BCUT2D eigenvalue weighted by atomic mass is 15.5. The number of anilines is 1. The van der Waals surface area contributed by atoms with Gasteiger partial charge in [-0.3, -0.25) is 0 Å². The van der Waals surface area contributed by atoms with E-state index in [0.29, 0.717) is 6.04 Å². The van der Waals surface area contributed by atoms with Crippen LogP contribution in [0, 0.1) is 0 Å². The van der Waals surface area contributed by atoms with Gasteiger partial charge in [-0.2, -0.15) is 0 Å². The minimum Gasteiger partial charge on any atom is -0.398 e. The Morgan fingerprint density at radius 1 is 1.00 bits per heavy atom. The number of nitrogens with zero attached hydrogens (tertiary/aromatic N) is 4. The molecule has 0 spiro atoms. The van der Waals surface area contributed by atoms with Crippen molar-refractivity contribution in [3.8, 4) is 11.4 Å². The number of hydrogen-bond acceptors (Lipinski definition) is 4. The average molecular weight is 271 g/mol. The molecule has 5 nitrogen and oxygen atoms in total. The van der Waals surface area contributed by atoms with E-state index in [-0.39, 0.29) is 0 Å². The second kappa shape index (κ2) is 6.03. The van der Waals surface area contributed by atoms with Gasteiger partial charge in [0, 0.05) is 11.3 Å². The quantitative estimate of drug-likeness (QED) is 0.851. The Bertz CT molecular complexity index is 555. The van der Waals surface area contributed by atoms with E-state index < -0.39 is 0 Å². The Balaban J connectivity index is 1.91. The van der Waals surface area contributed by atoms with Crippen LogP contribution in [0.15, 0.2) is 24.3 Å². The maximum atomic E-state index is 6.06. The zero-order chi connectivity index (χ0) is 13.8. The number of benzene rings is 1. The molecule has 1 aliphatic rings. The van der Waals surface area contributed by atoms with Crippen LogP contribution in [0.5, 0.6) is 0 Å². The summed E-state index contributed by atoms with van der Waals surface area (Å²) in [5, 5.41) is 12.3. The molecule has 1 aromatic heterocycles. The van der Waals surface area contributed by atoms with Crippen LogP contribution in [0.1, 0.15) is 51.0 Å². The standard InChI is InChI=1S/C15H21N5/c16-14-11-7-6-10-13(14)15-17-18-19-20(15)12-8-4-2-1-3-5-9-12/h6-7,10-12H,1-5,8-9,16H2. The highest BCUT2D eigenvalue weighted by Gasteiger charge is 2.20. The Hall–Kier alpha value is -1.91. The lowest BCUT2D eigenvalue weighted by Gasteiger charge is -2.20. The minimum atomic E-state index is 0.403. The summed E-state index contributed by atoms with van der Waals surface area (Å²) >= 11 is 0. The van der Waals surface area contributed by atoms with E-state index in [4.69, 9.17) is 5.73 Å². The third-order valence-corrected chi connectivity index (χ3v) is 4.12. The predicted molar refractivity (Wildman–Crippen MR) is 79.0 cm³/mol. The molecule has 0 saturated heterocycles. The number of para-hydroxylation sites is 1. The molecule has 1 heterocycles. The molecule has 0 unspecified atom stereocenters. The van der Waals surface area contributed by atoms with Crippen molar-refractivity contribution in [3.05, 3.63) is 24.3 Å². The molecule has 5 heteroatoms. The first-order chi connectivity index (χ1) is 9.86. The SMILES string of the molecule is Nc1ccccc1-c1nnnn1C1CCCCCCC1. The fourth-order valence-corrected chi connectivity index (χ4v) is 3.00. The van der Waals surface area contributed by atoms with Crippen molar-refractivity contribution in [1.82, 2.24) is 20.2 Å². The fourth-order valence-electron chi connectivity index (χ4n) is 3.00. The molecule has 0 amide bonds. The van der Waals surface area contributed by atoms with E-state index in [1.54, 1.807) is 0 Å². The summed E-state index contributed by atoms with van der Waals surface area (Å²) in [7, 11) is 0. The Morgan fingerprint density at radius 3 is 2.45 bits per heavy atom. The monoisotopic (exact) mass is 271 g/mol. The molecule has 1 saturated carbocycles. The van der Waals surface area contributed by atoms with Crippen LogP contribution in [0.2, 0.25) is 0 Å². The lowest BCUT2D eigenvalue weighted by atomic mass is 9.96. The van der Waals surface area contributed by atoms with E-state index in [1.807, 2.05) is 28.9 Å². The molecule has 0 radical (unpaired) electrons. The predicted octanol–water partition coefficient (Wildman–Crippen LogP) is 3.21. The van der Waals surface area contributed by atoms with Crippen LogP contribution in [-0.2, 0) is 0 Å². The van der Waals surface area contributed by atoms with Gasteiger partial charge >= 0.3 is 0 Å². The maximum Gasteiger partial charge on any atom is 0.184 e. The van der Waals surface area contributed by atoms with Crippen LogP contribution in [0.4, 0.5) is 5.69 Å². The van der Waals surface area contributed by atoms with Crippen LogP contribution in [0.25, 0.3) is 11.4 Å². The molecule has 3 rings (SSSR count). The first kappa shape index (κ1) is 13.1. The summed E-state index contributed by atoms with van der Waals surface area (Å²) in [4.78, 5) is 0. The van der Waals surface area contributed by atoms with Crippen molar-refractivity contribution in [3.63, 3.8) is 0 Å². The van der Waals surface area contributed by atoms with E-state index in [2.05, 4.69) is 15.5 Å². The number of rotatable bonds is 2. The molecule has 1 fully saturated rings. The molecular weight excluding hydrogens is 250 g/mol. The van der Waals surface area contributed by atoms with Crippen LogP contribution >= 0.6 is 0 Å². The Labute approximate surface area is 119 Å². The molecule has 1 aromatic carbocycles. The Kier molecular flexibility index (Phi) is 3.95. The highest BCUT2D eigenvalue weighted by molar-refractivity contribution is 5.71. The topological polar surface area (TPSA) is 69.6 Å². The third kappa shape index (κ3) is 2.66. The second-order valence-electron chi connectivity index (χ2n) is 5.53. The normalized spacial score (nSPS) is 17.6. The molecule has 0 aliphatic heterocycles. The Morgan fingerprint density at radius 2 is 1.70 bits per heavy atom. The van der Waals surface area contributed by atoms with Crippen LogP contribution < -0.4 is 5.73 Å². The molecule has 2 aromatic rings.